The van der Waals surface area contributed by atoms with Crippen LogP contribution in [0.1, 0.15) is 30.1 Å². The zero-order valence-corrected chi connectivity index (χ0v) is 13.6. The van der Waals surface area contributed by atoms with Crippen LogP contribution in [0.3, 0.4) is 0 Å². The van der Waals surface area contributed by atoms with Gasteiger partial charge in [0.25, 0.3) is 15.0 Å². The van der Waals surface area contributed by atoms with E-state index in [1.165, 1.54) is 6.07 Å². The van der Waals surface area contributed by atoms with Gasteiger partial charge in [-0.1, -0.05) is 15.9 Å². The van der Waals surface area contributed by atoms with Gasteiger partial charge in [-0.3, -0.25) is 4.79 Å². The van der Waals surface area contributed by atoms with Crippen molar-refractivity contribution in [2.24, 2.45) is 5.92 Å². The molecule has 0 aliphatic heterocycles. The number of hydrogen-bond donors (Lipinski definition) is 1. The Balaban J connectivity index is 2.35. The van der Waals surface area contributed by atoms with Gasteiger partial charge in [-0.05, 0) is 37.8 Å². The van der Waals surface area contributed by atoms with Crippen LogP contribution in [-0.4, -0.2) is 20.4 Å². The zero-order valence-electron chi connectivity index (χ0n) is 10.5. The molecule has 1 fully saturated rings. The molecule has 1 aromatic rings. The van der Waals surface area contributed by atoms with Crippen molar-refractivity contribution in [3.63, 3.8) is 0 Å². The number of rotatable bonds is 4. The van der Waals surface area contributed by atoms with E-state index < -0.39 is 25.7 Å². The molecule has 4 nitrogen and oxygen atoms in total. The van der Waals surface area contributed by atoms with Crippen molar-refractivity contribution in [1.82, 2.24) is 5.32 Å². The normalized spacial score (nSPS) is 16.8. The lowest BCUT2D eigenvalue weighted by atomic mass is 10.1. The highest BCUT2D eigenvalue weighted by molar-refractivity contribution is 9.10. The van der Waals surface area contributed by atoms with Crippen molar-refractivity contribution >= 4 is 41.6 Å². The average molecular weight is 385 g/mol. The summed E-state index contributed by atoms with van der Waals surface area (Å²) in [5, 5.41) is 2.67. The molecule has 0 bridgehead atoms. The lowest BCUT2D eigenvalue weighted by molar-refractivity contribution is 0.0931. The maximum Gasteiger partial charge on any atom is 0.264 e. The van der Waals surface area contributed by atoms with Gasteiger partial charge in [0.2, 0.25) is 0 Å². The minimum atomic E-state index is -4.26. The summed E-state index contributed by atoms with van der Waals surface area (Å²) < 4.78 is 37.0. The van der Waals surface area contributed by atoms with E-state index in [4.69, 9.17) is 10.7 Å². The zero-order chi connectivity index (χ0) is 15.1. The molecular weight excluding hydrogens is 373 g/mol. The van der Waals surface area contributed by atoms with E-state index in [-0.39, 0.29) is 16.1 Å². The van der Waals surface area contributed by atoms with Crippen molar-refractivity contribution in [2.75, 3.05) is 0 Å². The van der Waals surface area contributed by atoms with Crippen LogP contribution in [0.25, 0.3) is 0 Å². The van der Waals surface area contributed by atoms with E-state index in [1.807, 2.05) is 6.92 Å². The SMILES string of the molecule is CC(NC(=O)c1cc(Br)cc(S(=O)(=O)Cl)c1F)C1CC1. The maximum atomic E-state index is 14.1. The van der Waals surface area contributed by atoms with Crippen LogP contribution in [0.15, 0.2) is 21.5 Å². The average Bonchev–Trinajstić information content (AvgIpc) is 3.13. The number of halogens is 3. The van der Waals surface area contributed by atoms with E-state index in [2.05, 4.69) is 21.2 Å². The van der Waals surface area contributed by atoms with Gasteiger partial charge >= 0.3 is 0 Å². The summed E-state index contributed by atoms with van der Waals surface area (Å²) in [7, 11) is 0.901. The van der Waals surface area contributed by atoms with E-state index in [9.17, 15) is 17.6 Å². The molecule has 1 aliphatic carbocycles. The van der Waals surface area contributed by atoms with Crippen molar-refractivity contribution in [3.8, 4) is 0 Å². The fourth-order valence-corrected chi connectivity index (χ4v) is 3.44. The smallest absolute Gasteiger partial charge is 0.264 e. The number of carbonyl (C=O) groups is 1. The van der Waals surface area contributed by atoms with Crippen LogP contribution in [0.5, 0.6) is 0 Å². The molecular formula is C12H12BrClFNO3S. The van der Waals surface area contributed by atoms with Crippen LogP contribution < -0.4 is 5.32 Å². The molecule has 8 heteroatoms. The lowest BCUT2D eigenvalue weighted by Crippen LogP contribution is -2.34. The van der Waals surface area contributed by atoms with Crippen LogP contribution >= 0.6 is 26.6 Å². The highest BCUT2D eigenvalue weighted by Crippen LogP contribution is 2.33. The van der Waals surface area contributed by atoms with Crippen LogP contribution in [0, 0.1) is 11.7 Å². The molecule has 1 amide bonds. The molecule has 20 heavy (non-hydrogen) atoms. The van der Waals surface area contributed by atoms with Gasteiger partial charge in [0.05, 0.1) is 5.56 Å². The van der Waals surface area contributed by atoms with Crippen molar-refractivity contribution in [3.05, 3.63) is 28.0 Å². The standard InChI is InChI=1S/C12H12BrClFNO3S/c1-6(7-2-3-7)16-12(17)9-4-8(13)5-10(11(9)15)20(14,18)19/h4-7H,2-3H2,1H3,(H,16,17). The van der Waals surface area contributed by atoms with Gasteiger partial charge in [0, 0.05) is 21.2 Å². The van der Waals surface area contributed by atoms with Gasteiger partial charge in [0.1, 0.15) is 4.90 Å². The van der Waals surface area contributed by atoms with Crippen LogP contribution in [-0.2, 0) is 9.05 Å². The summed E-state index contributed by atoms with van der Waals surface area (Å²) >= 11 is 3.05. The summed E-state index contributed by atoms with van der Waals surface area (Å²) in [6, 6.07) is 2.19. The number of nitrogens with one attached hydrogen (secondary N) is 1. The van der Waals surface area contributed by atoms with Gasteiger partial charge in [0.15, 0.2) is 5.82 Å². The van der Waals surface area contributed by atoms with E-state index in [0.717, 1.165) is 18.9 Å². The van der Waals surface area contributed by atoms with E-state index >= 15 is 0 Å². The fourth-order valence-electron chi connectivity index (χ4n) is 1.91. The first kappa shape index (κ1) is 15.7. The Morgan fingerprint density at radius 3 is 2.60 bits per heavy atom. The molecule has 1 N–H and O–H groups in total. The van der Waals surface area contributed by atoms with Crippen molar-refractivity contribution in [1.29, 1.82) is 0 Å². The number of hydrogen-bond acceptors (Lipinski definition) is 3. The Morgan fingerprint density at radius 1 is 1.50 bits per heavy atom. The third-order valence-corrected chi connectivity index (χ3v) is 4.98. The first-order valence-corrected chi connectivity index (χ1v) is 9.05. The minimum Gasteiger partial charge on any atom is -0.349 e. The summed E-state index contributed by atoms with van der Waals surface area (Å²) in [6.45, 7) is 1.84. The molecule has 0 spiro atoms. The highest BCUT2D eigenvalue weighted by Gasteiger charge is 2.30. The monoisotopic (exact) mass is 383 g/mol. The van der Waals surface area contributed by atoms with Crippen LogP contribution in [0.2, 0.25) is 0 Å². The Labute approximate surface area is 129 Å². The third-order valence-electron chi connectivity index (χ3n) is 3.20. The quantitative estimate of drug-likeness (QED) is 0.812. The second kappa shape index (κ2) is 5.61. The van der Waals surface area contributed by atoms with Gasteiger partial charge in [-0.25, -0.2) is 12.8 Å². The summed E-state index contributed by atoms with van der Waals surface area (Å²) in [4.78, 5) is 11.3. The summed E-state index contributed by atoms with van der Waals surface area (Å²) in [6.07, 6.45) is 2.06. The van der Waals surface area contributed by atoms with Gasteiger partial charge in [-0.2, -0.15) is 0 Å². The van der Waals surface area contributed by atoms with E-state index in [0.29, 0.717) is 5.92 Å². The van der Waals surface area contributed by atoms with Crippen molar-refractivity contribution < 1.29 is 17.6 Å². The Bertz CT molecular complexity index is 661. The predicted octanol–water partition coefficient (Wildman–Crippen LogP) is 3.04. The molecule has 0 saturated heterocycles. The molecule has 1 aliphatic rings. The van der Waals surface area contributed by atoms with Crippen LogP contribution in [0.4, 0.5) is 4.39 Å². The third kappa shape index (κ3) is 3.51. The minimum absolute atomic E-state index is 0.0723. The number of benzene rings is 1. The molecule has 1 atom stereocenters. The van der Waals surface area contributed by atoms with Gasteiger partial charge in [-0.15, -0.1) is 0 Å². The number of amides is 1. The Morgan fingerprint density at radius 2 is 2.10 bits per heavy atom. The Kier molecular flexibility index (Phi) is 4.41. The molecule has 0 aromatic heterocycles. The predicted molar refractivity (Wildman–Crippen MR) is 76.8 cm³/mol. The second-order valence-electron chi connectivity index (χ2n) is 4.80. The Hall–Kier alpha value is -0.660. The number of carbonyl (C=O) groups excluding carboxylic acids is 1. The molecule has 2 rings (SSSR count). The second-order valence-corrected chi connectivity index (χ2v) is 8.25. The van der Waals surface area contributed by atoms with E-state index in [1.54, 1.807) is 0 Å². The first-order chi connectivity index (χ1) is 9.20. The maximum absolute atomic E-state index is 14.1. The molecule has 1 unspecified atom stereocenters. The highest BCUT2D eigenvalue weighted by atomic mass is 79.9. The molecule has 110 valence electrons. The first-order valence-electron chi connectivity index (χ1n) is 5.94. The molecule has 0 radical (unpaired) electrons. The fraction of sp³-hybridized carbons (Fsp3) is 0.417. The molecule has 1 aromatic carbocycles. The molecule has 1 saturated carbocycles. The topological polar surface area (TPSA) is 63.2 Å². The lowest BCUT2D eigenvalue weighted by Gasteiger charge is -2.14. The molecule has 0 heterocycles. The summed E-state index contributed by atoms with van der Waals surface area (Å²) in [5.41, 5.74) is -0.342. The summed E-state index contributed by atoms with van der Waals surface area (Å²) in [5.74, 6) is -1.38. The van der Waals surface area contributed by atoms with Gasteiger partial charge < -0.3 is 5.32 Å². The largest absolute Gasteiger partial charge is 0.349 e. The van der Waals surface area contributed by atoms with Crippen molar-refractivity contribution in [2.45, 2.75) is 30.7 Å².